The van der Waals surface area contributed by atoms with Crippen molar-refractivity contribution in [1.82, 2.24) is 20.0 Å². The molecule has 1 atom stereocenters. The molecule has 2 aromatic rings. The third kappa shape index (κ3) is 3.82. The average molecular weight is 316 g/mol. The van der Waals surface area contributed by atoms with Gasteiger partial charge in [-0.15, -0.1) is 0 Å². The number of benzene rings is 1. The molecule has 0 bridgehead atoms. The van der Waals surface area contributed by atoms with Crippen LogP contribution in [-0.2, 0) is 11.3 Å². The predicted octanol–water partition coefficient (Wildman–Crippen LogP) is 2.25. The minimum atomic E-state index is -0.463. The number of aromatic nitrogens is 2. The van der Waals surface area contributed by atoms with E-state index < -0.39 is 5.60 Å². The van der Waals surface area contributed by atoms with Crippen molar-refractivity contribution in [2.45, 2.75) is 39.0 Å². The van der Waals surface area contributed by atoms with E-state index in [1.165, 1.54) is 0 Å². The molecule has 3 rings (SSSR count). The summed E-state index contributed by atoms with van der Waals surface area (Å²) < 4.78 is 7.46. The van der Waals surface area contributed by atoms with Crippen molar-refractivity contribution in [3.05, 3.63) is 30.5 Å². The monoisotopic (exact) mass is 316 g/mol. The number of nitrogens with zero attached hydrogens (tertiary/aromatic N) is 3. The van der Waals surface area contributed by atoms with E-state index in [0.29, 0.717) is 13.1 Å². The van der Waals surface area contributed by atoms with E-state index in [-0.39, 0.29) is 12.1 Å². The van der Waals surface area contributed by atoms with Crippen LogP contribution in [0.25, 0.3) is 10.9 Å². The molecule has 1 aliphatic rings. The number of rotatable bonds is 2. The van der Waals surface area contributed by atoms with Crippen molar-refractivity contribution < 1.29 is 9.53 Å². The number of amides is 1. The normalized spacial score (nSPS) is 19.1. The third-order valence-electron chi connectivity index (χ3n) is 3.85. The molecule has 1 fully saturated rings. The Balaban J connectivity index is 1.66. The summed E-state index contributed by atoms with van der Waals surface area (Å²) in [5.41, 5.74) is 0.652. The fourth-order valence-corrected chi connectivity index (χ4v) is 2.82. The van der Waals surface area contributed by atoms with E-state index in [1.807, 2.05) is 43.8 Å². The number of hydrogen-bond donors (Lipinski definition) is 1. The van der Waals surface area contributed by atoms with Gasteiger partial charge in [0, 0.05) is 31.1 Å². The second-order valence-electron chi connectivity index (χ2n) is 6.96. The van der Waals surface area contributed by atoms with Crippen LogP contribution in [0.4, 0.5) is 4.79 Å². The van der Waals surface area contributed by atoms with Gasteiger partial charge in [-0.2, -0.15) is 5.10 Å². The molecule has 0 spiro atoms. The molecule has 0 radical (unpaired) electrons. The first-order valence-corrected chi connectivity index (χ1v) is 8.04. The number of para-hydroxylation sites is 1. The fourth-order valence-electron chi connectivity index (χ4n) is 2.82. The summed E-state index contributed by atoms with van der Waals surface area (Å²) in [6, 6.07) is 8.32. The number of carbonyl (C=O) groups is 1. The lowest BCUT2D eigenvalue weighted by Crippen LogP contribution is -2.54. The second-order valence-corrected chi connectivity index (χ2v) is 6.96. The van der Waals surface area contributed by atoms with Crippen molar-refractivity contribution in [3.8, 4) is 0 Å². The number of ether oxygens (including phenoxy) is 1. The van der Waals surface area contributed by atoms with Crippen LogP contribution >= 0.6 is 0 Å². The number of fused-ring (bicyclic) bond motifs is 1. The van der Waals surface area contributed by atoms with Crippen LogP contribution in [-0.4, -0.2) is 52.1 Å². The van der Waals surface area contributed by atoms with E-state index in [1.54, 1.807) is 4.90 Å². The van der Waals surface area contributed by atoms with Crippen molar-refractivity contribution in [1.29, 1.82) is 0 Å². The Morgan fingerprint density at radius 3 is 2.96 bits per heavy atom. The Bertz CT molecular complexity index is 689. The first-order chi connectivity index (χ1) is 10.9. The molecule has 0 aliphatic carbocycles. The zero-order valence-electron chi connectivity index (χ0n) is 14.0. The first-order valence-electron chi connectivity index (χ1n) is 8.04. The molecular formula is C17H24N4O2. The third-order valence-corrected chi connectivity index (χ3v) is 3.85. The van der Waals surface area contributed by atoms with Crippen molar-refractivity contribution >= 4 is 17.0 Å². The molecule has 23 heavy (non-hydrogen) atoms. The van der Waals surface area contributed by atoms with Crippen LogP contribution < -0.4 is 5.32 Å². The van der Waals surface area contributed by atoms with Gasteiger partial charge in [0.05, 0.1) is 18.3 Å². The Labute approximate surface area is 136 Å². The van der Waals surface area contributed by atoms with Crippen molar-refractivity contribution in [3.63, 3.8) is 0 Å². The molecular weight excluding hydrogens is 292 g/mol. The van der Waals surface area contributed by atoms with Gasteiger partial charge in [-0.1, -0.05) is 18.2 Å². The standard InChI is InChI=1S/C17H24N4O2/c1-17(2,3)23-16(22)20-9-8-18-14(11-20)12-21-15-7-5-4-6-13(15)10-19-21/h4-7,10,14,18H,8-9,11-12H2,1-3H3/t14-/m0/s1. The molecule has 1 saturated heterocycles. The SMILES string of the molecule is CC(C)(C)OC(=O)N1CCN[C@H](Cn2ncc3ccccc32)C1. The Morgan fingerprint density at radius 1 is 1.39 bits per heavy atom. The van der Waals surface area contributed by atoms with Gasteiger partial charge < -0.3 is 15.0 Å². The number of piperazine rings is 1. The van der Waals surface area contributed by atoms with Gasteiger partial charge in [0.25, 0.3) is 0 Å². The highest BCUT2D eigenvalue weighted by Crippen LogP contribution is 2.15. The summed E-state index contributed by atoms with van der Waals surface area (Å²) in [5, 5.41) is 9.05. The quantitative estimate of drug-likeness (QED) is 0.923. The van der Waals surface area contributed by atoms with Gasteiger partial charge in [0.1, 0.15) is 5.60 Å². The van der Waals surface area contributed by atoms with E-state index in [2.05, 4.69) is 22.5 Å². The van der Waals surface area contributed by atoms with Crippen molar-refractivity contribution in [2.24, 2.45) is 0 Å². The summed E-state index contributed by atoms with van der Waals surface area (Å²) >= 11 is 0. The summed E-state index contributed by atoms with van der Waals surface area (Å²) in [4.78, 5) is 14.0. The predicted molar refractivity (Wildman–Crippen MR) is 89.3 cm³/mol. The molecule has 1 N–H and O–H groups in total. The molecule has 1 aromatic carbocycles. The van der Waals surface area contributed by atoms with Gasteiger partial charge in [0.2, 0.25) is 0 Å². The lowest BCUT2D eigenvalue weighted by Gasteiger charge is -2.34. The molecule has 1 aromatic heterocycles. The van der Waals surface area contributed by atoms with Crippen LogP contribution in [0.5, 0.6) is 0 Å². The highest BCUT2D eigenvalue weighted by atomic mass is 16.6. The molecule has 6 nitrogen and oxygen atoms in total. The second kappa shape index (κ2) is 6.20. The molecule has 1 amide bonds. The minimum Gasteiger partial charge on any atom is -0.444 e. The topological polar surface area (TPSA) is 59.4 Å². The van der Waals surface area contributed by atoms with E-state index in [0.717, 1.165) is 24.0 Å². The van der Waals surface area contributed by atoms with Gasteiger partial charge in [-0.25, -0.2) is 4.79 Å². The Morgan fingerprint density at radius 2 is 2.17 bits per heavy atom. The molecule has 0 saturated carbocycles. The van der Waals surface area contributed by atoms with E-state index in [9.17, 15) is 4.79 Å². The van der Waals surface area contributed by atoms with Crippen LogP contribution in [0.2, 0.25) is 0 Å². The zero-order valence-corrected chi connectivity index (χ0v) is 14.0. The maximum atomic E-state index is 12.2. The van der Waals surface area contributed by atoms with Gasteiger partial charge >= 0.3 is 6.09 Å². The maximum absolute atomic E-state index is 12.2. The van der Waals surface area contributed by atoms with E-state index >= 15 is 0 Å². The Kier molecular flexibility index (Phi) is 4.26. The molecule has 2 heterocycles. The highest BCUT2D eigenvalue weighted by molar-refractivity contribution is 5.78. The number of nitrogens with one attached hydrogen (secondary N) is 1. The zero-order chi connectivity index (χ0) is 16.4. The van der Waals surface area contributed by atoms with Crippen LogP contribution in [0.1, 0.15) is 20.8 Å². The van der Waals surface area contributed by atoms with Crippen LogP contribution in [0, 0.1) is 0 Å². The largest absolute Gasteiger partial charge is 0.444 e. The molecule has 1 aliphatic heterocycles. The lowest BCUT2D eigenvalue weighted by atomic mass is 10.2. The van der Waals surface area contributed by atoms with Crippen molar-refractivity contribution in [2.75, 3.05) is 19.6 Å². The van der Waals surface area contributed by atoms with Gasteiger partial charge in [-0.05, 0) is 26.8 Å². The van der Waals surface area contributed by atoms with Crippen LogP contribution in [0.15, 0.2) is 30.5 Å². The summed E-state index contributed by atoms with van der Waals surface area (Å²) in [6.45, 7) is 8.46. The van der Waals surface area contributed by atoms with E-state index in [4.69, 9.17) is 4.74 Å². The first kappa shape index (κ1) is 15.8. The smallest absolute Gasteiger partial charge is 0.410 e. The highest BCUT2D eigenvalue weighted by Gasteiger charge is 2.27. The molecule has 124 valence electrons. The minimum absolute atomic E-state index is 0.166. The Hall–Kier alpha value is -2.08. The molecule has 0 unspecified atom stereocenters. The number of carbonyl (C=O) groups excluding carboxylic acids is 1. The maximum Gasteiger partial charge on any atom is 0.410 e. The molecule has 6 heteroatoms. The summed E-state index contributed by atoms with van der Waals surface area (Å²) in [6.07, 6.45) is 1.64. The number of hydrogen-bond acceptors (Lipinski definition) is 4. The fraction of sp³-hybridized carbons (Fsp3) is 0.529. The average Bonchev–Trinajstić information content (AvgIpc) is 2.89. The van der Waals surface area contributed by atoms with Gasteiger partial charge in [0.15, 0.2) is 0 Å². The summed E-state index contributed by atoms with van der Waals surface area (Å²) in [7, 11) is 0. The summed E-state index contributed by atoms with van der Waals surface area (Å²) in [5.74, 6) is 0. The van der Waals surface area contributed by atoms with Crippen LogP contribution in [0.3, 0.4) is 0 Å². The van der Waals surface area contributed by atoms with Gasteiger partial charge in [-0.3, -0.25) is 4.68 Å². The lowest BCUT2D eigenvalue weighted by molar-refractivity contribution is 0.0189.